The minimum absolute atomic E-state index is 0. The fourth-order valence-electron chi connectivity index (χ4n) is 3.32. The van der Waals surface area contributed by atoms with Crippen molar-refractivity contribution in [2.24, 2.45) is 10.9 Å². The zero-order valence-corrected chi connectivity index (χ0v) is 21.0. The van der Waals surface area contributed by atoms with E-state index in [9.17, 15) is 9.00 Å². The Bertz CT molecular complexity index is 694. The molecule has 0 saturated heterocycles. The maximum Gasteiger partial charge on any atom is 0.226 e. The predicted molar refractivity (Wildman–Crippen MR) is 133 cm³/mol. The van der Waals surface area contributed by atoms with Crippen LogP contribution in [-0.4, -0.2) is 40.2 Å². The molecule has 0 radical (unpaired) electrons. The molecule has 8 heteroatoms. The fraction of sp³-hybridized carbons (Fsp3) is 0.619. The van der Waals surface area contributed by atoms with Gasteiger partial charge in [0.25, 0.3) is 0 Å². The predicted octanol–water partition coefficient (Wildman–Crippen LogP) is 3.64. The number of carbonyl (C=O) groups excluding carboxylic acids is 1. The smallest absolute Gasteiger partial charge is 0.226 e. The molecule has 0 spiro atoms. The first kappa shape index (κ1) is 25.9. The highest BCUT2D eigenvalue weighted by atomic mass is 127. The third kappa shape index (κ3) is 8.62. The van der Waals surface area contributed by atoms with Crippen LogP contribution in [0, 0.1) is 5.92 Å². The van der Waals surface area contributed by atoms with E-state index in [1.54, 1.807) is 7.05 Å². The molecule has 3 N–H and O–H groups in total. The lowest BCUT2D eigenvalue weighted by molar-refractivity contribution is -0.118. The van der Waals surface area contributed by atoms with Gasteiger partial charge in [0.05, 0.1) is 0 Å². The van der Waals surface area contributed by atoms with Crippen molar-refractivity contribution in [3.63, 3.8) is 0 Å². The normalized spacial score (nSPS) is 20.5. The summed E-state index contributed by atoms with van der Waals surface area (Å²) in [6.07, 6.45) is 4.19. The summed E-state index contributed by atoms with van der Waals surface area (Å²) in [6, 6.07) is 8.14. The molecule has 2 rings (SSSR count). The minimum Gasteiger partial charge on any atom is -0.354 e. The van der Waals surface area contributed by atoms with Crippen LogP contribution >= 0.6 is 24.0 Å². The standard InChI is InChI=1S/C21H34N4O2S.HI/c1-5-28(27)19-8-6-7-18(13-19)25-21(22-4)23-14-16-9-11-17(12-10-16)24-20(26)15(2)3;/h9-12,15,18-19H,5-8,13-14H2,1-4H3,(H,24,26)(H2,22,23,25);1H. The Hall–Kier alpha value is -1.16. The molecule has 0 aromatic heterocycles. The molecule has 1 aliphatic rings. The van der Waals surface area contributed by atoms with Gasteiger partial charge in [0, 0.05) is 53.0 Å². The Labute approximate surface area is 194 Å². The number of aliphatic imine (C=N–C) groups is 1. The number of halogens is 1. The van der Waals surface area contributed by atoms with E-state index in [-0.39, 0.29) is 35.8 Å². The van der Waals surface area contributed by atoms with E-state index >= 15 is 0 Å². The van der Waals surface area contributed by atoms with Gasteiger partial charge >= 0.3 is 0 Å². The summed E-state index contributed by atoms with van der Waals surface area (Å²) in [5.41, 5.74) is 1.92. The van der Waals surface area contributed by atoms with Gasteiger partial charge in [0.1, 0.15) is 0 Å². The molecule has 0 aliphatic heterocycles. The van der Waals surface area contributed by atoms with Crippen LogP contribution < -0.4 is 16.0 Å². The molecular formula is C21H35IN4O2S. The van der Waals surface area contributed by atoms with Crippen molar-refractivity contribution >= 4 is 52.3 Å². The molecule has 0 heterocycles. The first-order chi connectivity index (χ1) is 13.4. The topological polar surface area (TPSA) is 82.6 Å². The number of carbonyl (C=O) groups is 1. The Morgan fingerprint density at radius 1 is 1.24 bits per heavy atom. The molecule has 6 nitrogen and oxygen atoms in total. The summed E-state index contributed by atoms with van der Waals surface area (Å²) in [4.78, 5) is 16.1. The minimum atomic E-state index is -0.724. The number of nitrogens with zero attached hydrogens (tertiary/aromatic N) is 1. The number of hydrogen-bond donors (Lipinski definition) is 3. The molecule has 164 valence electrons. The van der Waals surface area contributed by atoms with Crippen LogP contribution in [0.5, 0.6) is 0 Å². The van der Waals surface area contributed by atoms with Crippen LogP contribution in [-0.2, 0) is 22.1 Å². The number of anilines is 1. The SMILES string of the molecule is CCS(=O)C1CCCC(NC(=NC)NCc2ccc(NC(=O)C(C)C)cc2)C1.I. The molecule has 1 amide bonds. The average Bonchev–Trinajstić information content (AvgIpc) is 2.71. The number of rotatable bonds is 7. The Morgan fingerprint density at radius 2 is 1.93 bits per heavy atom. The Kier molecular flexibility index (Phi) is 11.8. The highest BCUT2D eigenvalue weighted by molar-refractivity contribution is 14.0. The van der Waals surface area contributed by atoms with Gasteiger partial charge in [0.2, 0.25) is 5.91 Å². The van der Waals surface area contributed by atoms with Crippen molar-refractivity contribution in [2.45, 2.75) is 64.3 Å². The van der Waals surface area contributed by atoms with Crippen LogP contribution in [0.25, 0.3) is 0 Å². The lowest BCUT2D eigenvalue weighted by Crippen LogP contribution is -2.46. The average molecular weight is 535 g/mol. The van der Waals surface area contributed by atoms with Crippen LogP contribution in [0.3, 0.4) is 0 Å². The van der Waals surface area contributed by atoms with E-state index in [0.717, 1.165) is 48.6 Å². The molecule has 1 saturated carbocycles. The van der Waals surface area contributed by atoms with Crippen LogP contribution in [0.15, 0.2) is 29.3 Å². The summed E-state index contributed by atoms with van der Waals surface area (Å²) in [7, 11) is 1.04. The van der Waals surface area contributed by atoms with Crippen molar-refractivity contribution in [1.29, 1.82) is 0 Å². The van der Waals surface area contributed by atoms with Crippen molar-refractivity contribution in [3.8, 4) is 0 Å². The Balaban J connectivity index is 0.00000420. The molecule has 1 aromatic rings. The van der Waals surface area contributed by atoms with Gasteiger partial charge in [-0.2, -0.15) is 0 Å². The third-order valence-corrected chi connectivity index (χ3v) is 6.79. The number of benzene rings is 1. The van der Waals surface area contributed by atoms with Gasteiger partial charge in [-0.15, -0.1) is 24.0 Å². The van der Waals surface area contributed by atoms with Crippen LogP contribution in [0.4, 0.5) is 5.69 Å². The highest BCUT2D eigenvalue weighted by Crippen LogP contribution is 2.23. The van der Waals surface area contributed by atoms with Crippen LogP contribution in [0.2, 0.25) is 0 Å². The Morgan fingerprint density at radius 3 is 2.52 bits per heavy atom. The number of guanidine groups is 1. The molecule has 0 bridgehead atoms. The summed E-state index contributed by atoms with van der Waals surface area (Å²) in [5.74, 6) is 1.48. The van der Waals surface area contributed by atoms with E-state index in [2.05, 4.69) is 20.9 Å². The van der Waals surface area contributed by atoms with Crippen molar-refractivity contribution in [3.05, 3.63) is 29.8 Å². The maximum atomic E-state index is 12.1. The lowest BCUT2D eigenvalue weighted by atomic mass is 9.95. The van der Waals surface area contributed by atoms with E-state index in [0.29, 0.717) is 17.8 Å². The van der Waals surface area contributed by atoms with Crippen molar-refractivity contribution in [1.82, 2.24) is 10.6 Å². The maximum absolute atomic E-state index is 12.1. The first-order valence-corrected chi connectivity index (χ1v) is 11.5. The second-order valence-electron chi connectivity index (χ2n) is 7.57. The van der Waals surface area contributed by atoms with E-state index in [4.69, 9.17) is 0 Å². The molecule has 3 unspecified atom stereocenters. The van der Waals surface area contributed by atoms with Gasteiger partial charge in [-0.1, -0.05) is 39.3 Å². The summed E-state index contributed by atoms with van der Waals surface area (Å²) >= 11 is 0. The van der Waals surface area contributed by atoms with Crippen molar-refractivity contribution in [2.75, 3.05) is 18.1 Å². The van der Waals surface area contributed by atoms with Crippen LogP contribution in [0.1, 0.15) is 52.0 Å². The number of hydrogen-bond acceptors (Lipinski definition) is 3. The van der Waals surface area contributed by atoms with E-state index < -0.39 is 10.8 Å². The zero-order chi connectivity index (χ0) is 20.5. The molecule has 1 aromatic carbocycles. The zero-order valence-electron chi connectivity index (χ0n) is 17.9. The number of nitrogens with one attached hydrogen (secondary N) is 3. The summed E-state index contributed by atoms with van der Waals surface area (Å²) in [6.45, 7) is 6.39. The summed E-state index contributed by atoms with van der Waals surface area (Å²) < 4.78 is 12.1. The van der Waals surface area contributed by atoms with Gasteiger partial charge in [-0.25, -0.2) is 0 Å². The monoisotopic (exact) mass is 534 g/mol. The molecular weight excluding hydrogens is 499 g/mol. The van der Waals surface area contributed by atoms with Gasteiger partial charge < -0.3 is 16.0 Å². The molecule has 1 aliphatic carbocycles. The third-order valence-electron chi connectivity index (χ3n) is 5.05. The lowest BCUT2D eigenvalue weighted by Gasteiger charge is -2.30. The fourth-order valence-corrected chi connectivity index (χ4v) is 4.66. The molecule has 3 atom stereocenters. The van der Waals surface area contributed by atoms with Gasteiger partial charge in [-0.05, 0) is 37.0 Å². The highest BCUT2D eigenvalue weighted by Gasteiger charge is 2.26. The second kappa shape index (κ2) is 13.2. The second-order valence-corrected chi connectivity index (χ2v) is 9.57. The van der Waals surface area contributed by atoms with E-state index in [1.165, 1.54) is 0 Å². The first-order valence-electron chi connectivity index (χ1n) is 10.2. The van der Waals surface area contributed by atoms with Crippen molar-refractivity contribution < 1.29 is 9.00 Å². The van der Waals surface area contributed by atoms with Gasteiger partial charge in [0.15, 0.2) is 5.96 Å². The molecule has 1 fully saturated rings. The molecule has 29 heavy (non-hydrogen) atoms. The van der Waals surface area contributed by atoms with E-state index in [1.807, 2.05) is 45.0 Å². The number of amides is 1. The quantitative estimate of drug-likeness (QED) is 0.284. The van der Waals surface area contributed by atoms with Gasteiger partial charge in [-0.3, -0.25) is 14.0 Å². The summed E-state index contributed by atoms with van der Waals surface area (Å²) in [5, 5.41) is 10.0. The largest absolute Gasteiger partial charge is 0.354 e.